The molecule has 0 heterocycles. The lowest BCUT2D eigenvalue weighted by molar-refractivity contribution is -0.199. The smallest absolute Gasteiger partial charge is 0.426 e. The Hall–Kier alpha value is -0.750. The van der Waals surface area contributed by atoms with Crippen LogP contribution in [0.1, 0.15) is 6.92 Å². The predicted octanol–water partition coefficient (Wildman–Crippen LogP) is 3.11. The molecule has 0 aliphatic rings. The largest absolute Gasteiger partial charge is 0.479 e. The number of hydrogen-bond acceptors (Lipinski definition) is 2. The zero-order chi connectivity index (χ0) is 12.3. The minimum atomic E-state index is -4.48. The van der Waals surface area contributed by atoms with Gasteiger partial charge in [0.15, 0.2) is 0 Å². The highest BCUT2D eigenvalue weighted by atomic mass is 79.9. The molecule has 0 aliphatic heterocycles. The quantitative estimate of drug-likeness (QED) is 0.930. The molecule has 0 radical (unpaired) electrons. The highest BCUT2D eigenvalue weighted by molar-refractivity contribution is 9.10. The second-order valence-electron chi connectivity index (χ2n) is 3.40. The Bertz CT molecular complexity index is 354. The fourth-order valence-corrected chi connectivity index (χ4v) is 1.54. The predicted molar refractivity (Wildman–Crippen MR) is 58.3 cm³/mol. The van der Waals surface area contributed by atoms with Gasteiger partial charge in [0.2, 0.25) is 6.10 Å². The van der Waals surface area contributed by atoms with Gasteiger partial charge in [-0.25, -0.2) is 0 Å². The highest BCUT2D eigenvalue weighted by Crippen LogP contribution is 2.28. The Balaban J connectivity index is 2.84. The third-order valence-corrected chi connectivity index (χ3v) is 2.35. The maximum atomic E-state index is 12.5. The molecule has 0 aliphatic carbocycles. The van der Waals surface area contributed by atoms with Crippen molar-refractivity contribution < 1.29 is 17.9 Å². The summed E-state index contributed by atoms with van der Waals surface area (Å²) in [7, 11) is 0. The lowest BCUT2D eigenvalue weighted by Gasteiger charge is -2.24. The van der Waals surface area contributed by atoms with Crippen LogP contribution < -0.4 is 10.5 Å². The standard InChI is InChI=1S/C10H11BrF3NO/c1-6(15)9(10(12,13)14)16-8-4-2-3-7(11)5-8/h2-6,9H,15H2,1H3. The molecule has 0 saturated heterocycles. The van der Waals surface area contributed by atoms with E-state index in [1.54, 1.807) is 12.1 Å². The summed E-state index contributed by atoms with van der Waals surface area (Å²) in [6.07, 6.45) is -6.47. The molecular formula is C10H11BrF3NO. The van der Waals surface area contributed by atoms with E-state index in [0.29, 0.717) is 4.47 Å². The van der Waals surface area contributed by atoms with E-state index in [9.17, 15) is 13.2 Å². The van der Waals surface area contributed by atoms with Gasteiger partial charge in [0, 0.05) is 10.5 Å². The lowest BCUT2D eigenvalue weighted by atomic mass is 10.2. The third-order valence-electron chi connectivity index (χ3n) is 1.86. The molecule has 2 N–H and O–H groups in total. The molecule has 1 aromatic rings. The minimum absolute atomic E-state index is 0.133. The number of ether oxygens (including phenoxy) is 1. The van der Waals surface area contributed by atoms with Gasteiger partial charge in [0.1, 0.15) is 5.75 Å². The van der Waals surface area contributed by atoms with Crippen molar-refractivity contribution in [3.05, 3.63) is 28.7 Å². The SMILES string of the molecule is CC(N)C(Oc1cccc(Br)c1)C(F)(F)F. The van der Waals surface area contributed by atoms with E-state index in [2.05, 4.69) is 15.9 Å². The first-order valence-corrected chi connectivity index (χ1v) is 5.34. The van der Waals surface area contributed by atoms with Gasteiger partial charge in [-0.2, -0.15) is 13.2 Å². The second kappa shape index (κ2) is 5.05. The van der Waals surface area contributed by atoms with E-state index in [1.165, 1.54) is 19.1 Å². The van der Waals surface area contributed by atoms with Gasteiger partial charge >= 0.3 is 6.18 Å². The van der Waals surface area contributed by atoms with E-state index < -0.39 is 18.3 Å². The van der Waals surface area contributed by atoms with Gasteiger partial charge in [-0.1, -0.05) is 22.0 Å². The molecule has 0 fully saturated rings. The molecule has 2 unspecified atom stereocenters. The van der Waals surface area contributed by atoms with Crippen molar-refractivity contribution in [2.75, 3.05) is 0 Å². The average molecular weight is 298 g/mol. The Morgan fingerprint density at radius 1 is 1.38 bits per heavy atom. The summed E-state index contributed by atoms with van der Waals surface area (Å²) in [6, 6.07) is 5.07. The monoisotopic (exact) mass is 297 g/mol. The van der Waals surface area contributed by atoms with Crippen molar-refractivity contribution in [2.45, 2.75) is 25.2 Å². The van der Waals surface area contributed by atoms with E-state index in [0.717, 1.165) is 0 Å². The normalized spacial score (nSPS) is 15.6. The molecule has 2 atom stereocenters. The second-order valence-corrected chi connectivity index (χ2v) is 4.31. The van der Waals surface area contributed by atoms with Crippen LogP contribution >= 0.6 is 15.9 Å². The first-order valence-electron chi connectivity index (χ1n) is 4.55. The number of halogens is 4. The molecular weight excluding hydrogens is 287 g/mol. The number of nitrogens with two attached hydrogens (primary N) is 1. The van der Waals surface area contributed by atoms with Crippen LogP contribution in [-0.4, -0.2) is 18.3 Å². The molecule has 0 spiro atoms. The first-order chi connectivity index (χ1) is 7.30. The summed E-state index contributed by atoms with van der Waals surface area (Å²) in [4.78, 5) is 0. The van der Waals surface area contributed by atoms with Crippen LogP contribution in [0.15, 0.2) is 28.7 Å². The molecule has 2 nitrogen and oxygen atoms in total. The van der Waals surface area contributed by atoms with Crippen molar-refractivity contribution >= 4 is 15.9 Å². The summed E-state index contributed by atoms with van der Waals surface area (Å²) in [5.74, 6) is 0.133. The van der Waals surface area contributed by atoms with Crippen LogP contribution in [0.4, 0.5) is 13.2 Å². The molecule has 90 valence electrons. The van der Waals surface area contributed by atoms with Crippen LogP contribution in [0.2, 0.25) is 0 Å². The van der Waals surface area contributed by atoms with Gasteiger partial charge in [0.25, 0.3) is 0 Å². The molecule has 0 saturated carbocycles. The van der Waals surface area contributed by atoms with E-state index >= 15 is 0 Å². The van der Waals surface area contributed by atoms with E-state index in [4.69, 9.17) is 10.5 Å². The van der Waals surface area contributed by atoms with Gasteiger partial charge in [-0.3, -0.25) is 0 Å². The fourth-order valence-electron chi connectivity index (χ4n) is 1.16. The minimum Gasteiger partial charge on any atom is -0.479 e. The van der Waals surface area contributed by atoms with Gasteiger partial charge in [-0.15, -0.1) is 0 Å². The van der Waals surface area contributed by atoms with Crippen LogP contribution in [0.25, 0.3) is 0 Å². The van der Waals surface area contributed by atoms with Crippen molar-refractivity contribution in [3.63, 3.8) is 0 Å². The van der Waals surface area contributed by atoms with Crippen LogP contribution in [0.5, 0.6) is 5.75 Å². The van der Waals surface area contributed by atoms with Crippen LogP contribution in [0.3, 0.4) is 0 Å². The van der Waals surface area contributed by atoms with Crippen LogP contribution in [0, 0.1) is 0 Å². The summed E-state index contributed by atoms with van der Waals surface area (Å²) in [5.41, 5.74) is 5.25. The number of alkyl halides is 3. The number of hydrogen-bond donors (Lipinski definition) is 1. The van der Waals surface area contributed by atoms with E-state index in [1.807, 2.05) is 0 Å². The molecule has 0 amide bonds. The van der Waals surface area contributed by atoms with Crippen molar-refractivity contribution in [2.24, 2.45) is 5.73 Å². The molecule has 0 aromatic heterocycles. The maximum absolute atomic E-state index is 12.5. The third kappa shape index (κ3) is 3.68. The molecule has 1 rings (SSSR count). The van der Waals surface area contributed by atoms with E-state index in [-0.39, 0.29) is 5.75 Å². The maximum Gasteiger partial charge on any atom is 0.426 e. The zero-order valence-electron chi connectivity index (χ0n) is 8.46. The summed E-state index contributed by atoms with van der Waals surface area (Å²) in [5, 5.41) is 0. The van der Waals surface area contributed by atoms with Gasteiger partial charge in [-0.05, 0) is 25.1 Å². The topological polar surface area (TPSA) is 35.2 Å². The average Bonchev–Trinajstić information content (AvgIpc) is 2.12. The zero-order valence-corrected chi connectivity index (χ0v) is 10.0. The molecule has 16 heavy (non-hydrogen) atoms. The number of benzene rings is 1. The summed E-state index contributed by atoms with van der Waals surface area (Å²) in [6.45, 7) is 1.26. The molecule has 6 heteroatoms. The molecule has 0 bridgehead atoms. The van der Waals surface area contributed by atoms with Crippen molar-refractivity contribution in [3.8, 4) is 5.75 Å². The number of rotatable bonds is 3. The summed E-state index contributed by atoms with van der Waals surface area (Å²) < 4.78 is 43.1. The Labute approximate surface area is 99.7 Å². The Morgan fingerprint density at radius 3 is 2.44 bits per heavy atom. The van der Waals surface area contributed by atoms with Gasteiger partial charge < -0.3 is 10.5 Å². The highest BCUT2D eigenvalue weighted by Gasteiger charge is 2.44. The fraction of sp³-hybridized carbons (Fsp3) is 0.400. The Kier molecular flexibility index (Phi) is 4.21. The summed E-state index contributed by atoms with van der Waals surface area (Å²) >= 11 is 3.15. The van der Waals surface area contributed by atoms with Crippen molar-refractivity contribution in [1.82, 2.24) is 0 Å². The van der Waals surface area contributed by atoms with Crippen molar-refractivity contribution in [1.29, 1.82) is 0 Å². The Morgan fingerprint density at radius 2 is 2.00 bits per heavy atom. The van der Waals surface area contributed by atoms with Gasteiger partial charge in [0.05, 0.1) is 0 Å². The first kappa shape index (κ1) is 13.3. The lowest BCUT2D eigenvalue weighted by Crippen LogP contribution is -2.47. The van der Waals surface area contributed by atoms with Crippen LogP contribution in [-0.2, 0) is 0 Å². The molecule has 1 aromatic carbocycles.